The Morgan fingerprint density at radius 2 is 2.07 bits per heavy atom. The number of aromatic nitrogens is 2. The molecule has 15 heavy (non-hydrogen) atoms. The molecule has 0 aliphatic rings. The van der Waals surface area contributed by atoms with Gasteiger partial charge in [-0.2, -0.15) is 5.10 Å². The zero-order valence-corrected chi connectivity index (χ0v) is 8.86. The molecule has 0 unspecified atom stereocenters. The van der Waals surface area contributed by atoms with Crippen molar-refractivity contribution >= 4 is 32.3 Å². The van der Waals surface area contributed by atoms with Crippen molar-refractivity contribution in [3.05, 3.63) is 23.9 Å². The van der Waals surface area contributed by atoms with E-state index in [1.807, 2.05) is 19.2 Å². The molecular weight excluding hydrogens is 184 g/mol. The number of aryl methyl sites for hydroxylation is 1. The maximum atomic E-state index is 6.03. The van der Waals surface area contributed by atoms with Crippen LogP contribution in [0.1, 0.15) is 12.5 Å². The lowest BCUT2D eigenvalue weighted by Crippen LogP contribution is -2.23. The van der Waals surface area contributed by atoms with Crippen LogP contribution in [0.4, 0.5) is 5.69 Å². The van der Waals surface area contributed by atoms with Crippen LogP contribution in [0, 0.1) is 0 Å². The van der Waals surface area contributed by atoms with Crippen molar-refractivity contribution in [2.45, 2.75) is 12.1 Å². The van der Waals surface area contributed by atoms with Crippen molar-refractivity contribution in [1.82, 2.24) is 9.78 Å². The van der Waals surface area contributed by atoms with Gasteiger partial charge in [-0.1, -0.05) is 24.3 Å². The van der Waals surface area contributed by atoms with Crippen LogP contribution in [0.2, 0.25) is 0 Å². The smallest absolute Gasteiger partial charge is 0.0910 e. The molecule has 0 saturated carbocycles. The molecule has 0 saturated heterocycles. The highest BCUT2D eigenvalue weighted by Gasteiger charge is 2.18. The summed E-state index contributed by atoms with van der Waals surface area (Å²) in [5.74, 6) is 0. The van der Waals surface area contributed by atoms with E-state index in [1.165, 1.54) is 0 Å². The van der Waals surface area contributed by atoms with E-state index in [2.05, 4.69) is 5.10 Å². The van der Waals surface area contributed by atoms with Crippen LogP contribution in [-0.4, -0.2) is 25.5 Å². The molecule has 0 aliphatic carbocycles. The van der Waals surface area contributed by atoms with Gasteiger partial charge >= 0.3 is 0 Å². The van der Waals surface area contributed by atoms with E-state index in [4.69, 9.17) is 21.4 Å². The molecule has 2 rings (SSSR count). The normalized spacial score (nSPS) is 12.1. The van der Waals surface area contributed by atoms with Gasteiger partial charge in [0.25, 0.3) is 0 Å². The Morgan fingerprint density at radius 1 is 1.40 bits per heavy atom. The third kappa shape index (κ3) is 1.52. The highest BCUT2D eigenvalue weighted by Crippen LogP contribution is 2.29. The minimum Gasteiger partial charge on any atom is -0.397 e. The van der Waals surface area contributed by atoms with Crippen molar-refractivity contribution in [1.29, 1.82) is 0 Å². The first kappa shape index (κ1) is 10.1. The van der Waals surface area contributed by atoms with Gasteiger partial charge in [-0.25, -0.2) is 0 Å². The SMILES string of the molecule is [B]C([B])(C)c1ccc2cnn(C)c2c1N. The predicted octanol–water partition coefficient (Wildman–Crippen LogP) is 0.665. The molecule has 2 aromatic rings. The first-order valence-corrected chi connectivity index (χ1v) is 4.69. The lowest BCUT2D eigenvalue weighted by atomic mass is 9.52. The third-order valence-corrected chi connectivity index (χ3v) is 2.52. The van der Waals surface area contributed by atoms with Crippen LogP contribution in [0.25, 0.3) is 10.9 Å². The molecule has 2 N–H and O–H groups in total. The van der Waals surface area contributed by atoms with Crippen LogP contribution < -0.4 is 5.73 Å². The van der Waals surface area contributed by atoms with E-state index in [0.717, 1.165) is 16.5 Å². The van der Waals surface area contributed by atoms with Gasteiger partial charge in [0, 0.05) is 12.4 Å². The van der Waals surface area contributed by atoms with Gasteiger partial charge in [0.2, 0.25) is 0 Å². The van der Waals surface area contributed by atoms with Crippen LogP contribution >= 0.6 is 0 Å². The second kappa shape index (κ2) is 3.05. The summed E-state index contributed by atoms with van der Waals surface area (Å²) in [5, 5.41) is 4.20. The highest BCUT2D eigenvalue weighted by atomic mass is 15.3. The van der Waals surface area contributed by atoms with Crippen LogP contribution in [0.15, 0.2) is 18.3 Å². The average Bonchev–Trinajstić information content (AvgIpc) is 2.46. The molecule has 5 heteroatoms. The zero-order chi connectivity index (χ0) is 11.2. The number of fused-ring (bicyclic) bond motifs is 1. The Bertz CT molecular complexity index is 511. The molecular formula is C10H11B2N3. The number of nitrogen functional groups attached to an aromatic ring is 1. The van der Waals surface area contributed by atoms with Gasteiger partial charge < -0.3 is 5.73 Å². The van der Waals surface area contributed by atoms with E-state index in [1.54, 1.807) is 17.8 Å². The van der Waals surface area contributed by atoms with Gasteiger partial charge in [0.05, 0.1) is 33.1 Å². The average molecular weight is 195 g/mol. The highest BCUT2D eigenvalue weighted by molar-refractivity contribution is 6.40. The monoisotopic (exact) mass is 195 g/mol. The standard InChI is InChI=1S/C10H11B2N3/c1-10(11,12)7-4-3-6-5-14-15(2)9(6)8(7)13/h3-5H,13H2,1-2H3. The van der Waals surface area contributed by atoms with Gasteiger partial charge in [-0.15, -0.1) is 0 Å². The third-order valence-electron chi connectivity index (χ3n) is 2.52. The van der Waals surface area contributed by atoms with Gasteiger partial charge in [0.1, 0.15) is 0 Å². The summed E-state index contributed by atoms with van der Waals surface area (Å²) in [6.07, 6.45) is 1.76. The first-order valence-electron chi connectivity index (χ1n) is 4.69. The lowest BCUT2D eigenvalue weighted by molar-refractivity contribution is 0.797. The maximum Gasteiger partial charge on any atom is 0.0910 e. The van der Waals surface area contributed by atoms with Crippen LogP contribution in [-0.2, 0) is 12.3 Å². The number of hydrogen-bond donors (Lipinski definition) is 1. The Morgan fingerprint density at radius 3 is 2.67 bits per heavy atom. The second-order valence-corrected chi connectivity index (χ2v) is 4.02. The summed E-state index contributed by atoms with van der Waals surface area (Å²) in [6, 6.07) is 3.77. The number of anilines is 1. The fourth-order valence-corrected chi connectivity index (χ4v) is 1.77. The molecule has 72 valence electrons. The number of hydrogen-bond acceptors (Lipinski definition) is 2. The summed E-state index contributed by atoms with van der Waals surface area (Å²) >= 11 is 0. The molecule has 4 radical (unpaired) electrons. The zero-order valence-electron chi connectivity index (χ0n) is 8.86. The number of nitrogens with zero attached hydrogens (tertiary/aromatic N) is 2. The number of rotatable bonds is 1. The molecule has 3 nitrogen and oxygen atoms in total. The van der Waals surface area contributed by atoms with Crippen molar-refractivity contribution in [3.63, 3.8) is 0 Å². The summed E-state index contributed by atoms with van der Waals surface area (Å²) in [7, 11) is 13.5. The fraction of sp³-hybridized carbons (Fsp3) is 0.300. The minimum atomic E-state index is -0.928. The van der Waals surface area contributed by atoms with Crippen LogP contribution in [0.5, 0.6) is 0 Å². The summed E-state index contributed by atoms with van der Waals surface area (Å²) < 4.78 is 1.72. The topological polar surface area (TPSA) is 43.8 Å². The minimum absolute atomic E-state index is 0.597. The van der Waals surface area contributed by atoms with E-state index in [9.17, 15) is 0 Å². The van der Waals surface area contributed by atoms with Crippen molar-refractivity contribution in [2.24, 2.45) is 7.05 Å². The van der Waals surface area contributed by atoms with Crippen molar-refractivity contribution in [3.8, 4) is 0 Å². The van der Waals surface area contributed by atoms with Crippen molar-refractivity contribution in [2.75, 3.05) is 5.73 Å². The molecule has 1 aromatic heterocycles. The summed E-state index contributed by atoms with van der Waals surface area (Å²) in [5.41, 5.74) is 8.23. The molecule has 0 amide bonds. The summed E-state index contributed by atoms with van der Waals surface area (Å²) in [6.45, 7) is 1.72. The lowest BCUT2D eigenvalue weighted by Gasteiger charge is -2.22. The molecule has 0 atom stereocenters. The van der Waals surface area contributed by atoms with E-state index in [-0.39, 0.29) is 0 Å². The molecule has 0 fully saturated rings. The van der Waals surface area contributed by atoms with E-state index in [0.29, 0.717) is 5.69 Å². The Hall–Kier alpha value is -1.38. The van der Waals surface area contributed by atoms with Crippen molar-refractivity contribution < 1.29 is 0 Å². The van der Waals surface area contributed by atoms with Crippen LogP contribution in [0.3, 0.4) is 0 Å². The number of benzene rings is 1. The molecule has 1 heterocycles. The van der Waals surface area contributed by atoms with E-state index >= 15 is 0 Å². The molecule has 0 bridgehead atoms. The summed E-state index contributed by atoms with van der Waals surface area (Å²) in [4.78, 5) is 0. The maximum absolute atomic E-state index is 6.03. The predicted molar refractivity (Wildman–Crippen MR) is 64.0 cm³/mol. The van der Waals surface area contributed by atoms with Gasteiger partial charge in [-0.05, 0) is 5.56 Å². The largest absolute Gasteiger partial charge is 0.397 e. The fourth-order valence-electron chi connectivity index (χ4n) is 1.77. The van der Waals surface area contributed by atoms with Gasteiger partial charge in [-0.3, -0.25) is 4.68 Å². The van der Waals surface area contributed by atoms with E-state index < -0.39 is 5.21 Å². The Labute approximate surface area is 91.5 Å². The number of nitrogens with two attached hydrogens (primary N) is 1. The molecule has 1 aromatic carbocycles. The molecule has 0 aliphatic heterocycles. The quantitative estimate of drug-likeness (QED) is 0.536. The van der Waals surface area contributed by atoms with Gasteiger partial charge in [0.15, 0.2) is 0 Å². The molecule has 0 spiro atoms. The first-order chi connectivity index (χ1) is 6.91. The Kier molecular flexibility index (Phi) is 2.07. The second-order valence-electron chi connectivity index (χ2n) is 4.02. The Balaban J connectivity index is 2.80.